The maximum atomic E-state index is 13.0. The van der Waals surface area contributed by atoms with Crippen molar-refractivity contribution >= 4 is 5.97 Å². The monoisotopic (exact) mass is 445 g/mol. The Balaban J connectivity index is 1.90. The van der Waals surface area contributed by atoms with Crippen LogP contribution < -0.4 is 11.2 Å². The van der Waals surface area contributed by atoms with Crippen molar-refractivity contribution in [2.45, 2.75) is 50.9 Å². The third-order valence-corrected chi connectivity index (χ3v) is 4.94. The molecule has 170 valence electrons. The number of carbonyl (C=O) groups excluding carboxylic acids is 1. The Kier molecular flexibility index (Phi) is 7.55. The number of nitriles is 1. The van der Waals surface area contributed by atoms with E-state index in [0.29, 0.717) is 0 Å². The smallest absolute Gasteiger partial charge is 0.335 e. The van der Waals surface area contributed by atoms with Crippen LogP contribution in [0.1, 0.15) is 18.7 Å². The van der Waals surface area contributed by atoms with Gasteiger partial charge in [0.1, 0.15) is 18.9 Å². The Labute approximate surface area is 182 Å². The van der Waals surface area contributed by atoms with E-state index >= 15 is 0 Å². The molecule has 1 saturated heterocycles. The van der Waals surface area contributed by atoms with Crippen LogP contribution in [0.15, 0.2) is 52.2 Å². The lowest BCUT2D eigenvalue weighted by Gasteiger charge is -2.23. The van der Waals surface area contributed by atoms with E-state index in [4.69, 9.17) is 24.2 Å². The fourth-order valence-electron chi connectivity index (χ4n) is 3.47. The first kappa shape index (κ1) is 23.4. The van der Waals surface area contributed by atoms with Gasteiger partial charge < -0.3 is 24.1 Å². The third kappa shape index (κ3) is 4.95. The molecule has 2 heterocycles. The van der Waals surface area contributed by atoms with E-state index in [9.17, 15) is 19.5 Å². The summed E-state index contributed by atoms with van der Waals surface area (Å²) in [4.78, 5) is 37.0. The Morgan fingerprint density at radius 1 is 1.25 bits per heavy atom. The van der Waals surface area contributed by atoms with Gasteiger partial charge >= 0.3 is 11.7 Å². The van der Waals surface area contributed by atoms with Crippen molar-refractivity contribution in [2.24, 2.45) is 0 Å². The lowest BCUT2D eigenvalue weighted by atomic mass is 10.1. The van der Waals surface area contributed by atoms with Gasteiger partial charge in [0, 0.05) is 26.3 Å². The molecule has 0 radical (unpaired) electrons. The lowest BCUT2D eigenvalue weighted by molar-refractivity contribution is -0.157. The van der Waals surface area contributed by atoms with Crippen molar-refractivity contribution in [3.05, 3.63) is 69.0 Å². The first-order valence-electron chi connectivity index (χ1n) is 9.74. The lowest BCUT2D eigenvalue weighted by Crippen LogP contribution is -2.45. The summed E-state index contributed by atoms with van der Waals surface area (Å²) in [6.07, 6.45) is -5.03. The average molecular weight is 445 g/mol. The summed E-state index contributed by atoms with van der Waals surface area (Å²) >= 11 is 0. The van der Waals surface area contributed by atoms with Crippen LogP contribution in [0.25, 0.3) is 0 Å². The standard InChI is InChI=1S/C21H23N3O8/c1-13(25)31-19-18(29-2)17(15(26)10-22)32-20(19)23-9-8-16(27)24(21(23)28)12-30-11-14-6-4-3-5-7-14/h3-9,15,17-20,26H,11-12H2,1-2H3/t15-,17+,18-,19?,20?/m0/s1. The van der Waals surface area contributed by atoms with Crippen molar-refractivity contribution in [1.82, 2.24) is 9.13 Å². The zero-order chi connectivity index (χ0) is 23.3. The molecular formula is C21H23N3O8. The molecule has 0 bridgehead atoms. The number of ether oxygens (including phenoxy) is 4. The van der Waals surface area contributed by atoms with Crippen LogP contribution in [0.4, 0.5) is 0 Å². The molecule has 0 saturated carbocycles. The molecule has 2 aromatic rings. The molecule has 11 nitrogen and oxygen atoms in total. The first-order chi connectivity index (χ1) is 15.4. The summed E-state index contributed by atoms with van der Waals surface area (Å²) in [6, 6.07) is 12.0. The van der Waals surface area contributed by atoms with Crippen LogP contribution >= 0.6 is 0 Å². The van der Waals surface area contributed by atoms with Crippen LogP contribution in [0.2, 0.25) is 0 Å². The number of rotatable bonds is 8. The van der Waals surface area contributed by atoms with Crippen molar-refractivity contribution in [2.75, 3.05) is 7.11 Å². The van der Waals surface area contributed by atoms with Gasteiger partial charge in [0.2, 0.25) is 0 Å². The third-order valence-electron chi connectivity index (χ3n) is 4.94. The molecule has 1 aromatic carbocycles. The molecule has 1 aliphatic heterocycles. The molecule has 0 aliphatic carbocycles. The van der Waals surface area contributed by atoms with Crippen molar-refractivity contribution in [1.29, 1.82) is 5.26 Å². The molecule has 5 atom stereocenters. The molecule has 1 fully saturated rings. The Morgan fingerprint density at radius 2 is 1.97 bits per heavy atom. The van der Waals surface area contributed by atoms with Crippen LogP contribution in [-0.2, 0) is 37.1 Å². The van der Waals surface area contributed by atoms with Crippen LogP contribution in [0, 0.1) is 11.3 Å². The number of aliphatic hydroxyl groups is 1. The fourth-order valence-corrected chi connectivity index (χ4v) is 3.47. The first-order valence-corrected chi connectivity index (χ1v) is 9.74. The highest BCUT2D eigenvalue weighted by atomic mass is 16.6. The fraction of sp³-hybridized carbons (Fsp3) is 0.429. The van der Waals surface area contributed by atoms with Crippen LogP contribution in [-0.4, -0.2) is 51.7 Å². The molecule has 1 aliphatic rings. The zero-order valence-corrected chi connectivity index (χ0v) is 17.5. The molecule has 2 unspecified atom stereocenters. The maximum absolute atomic E-state index is 13.0. The summed E-state index contributed by atoms with van der Waals surface area (Å²) in [6.45, 7) is 1.02. The Hall–Kier alpha value is -3.30. The summed E-state index contributed by atoms with van der Waals surface area (Å²) in [5.41, 5.74) is -0.518. The topological polar surface area (TPSA) is 142 Å². The van der Waals surface area contributed by atoms with Crippen molar-refractivity contribution < 1.29 is 28.8 Å². The number of methoxy groups -OCH3 is 1. The van der Waals surface area contributed by atoms with Crippen molar-refractivity contribution in [3.63, 3.8) is 0 Å². The number of aromatic nitrogens is 2. The predicted molar refractivity (Wildman–Crippen MR) is 108 cm³/mol. The van der Waals surface area contributed by atoms with E-state index in [0.717, 1.165) is 20.8 Å². The maximum Gasteiger partial charge on any atom is 0.335 e. The number of hydrogen-bond acceptors (Lipinski definition) is 9. The minimum atomic E-state index is -1.60. The van der Waals surface area contributed by atoms with E-state index in [1.54, 1.807) is 6.07 Å². The van der Waals surface area contributed by atoms with Gasteiger partial charge in [-0.1, -0.05) is 30.3 Å². The van der Waals surface area contributed by atoms with E-state index in [1.165, 1.54) is 20.2 Å². The quantitative estimate of drug-likeness (QED) is 0.436. The average Bonchev–Trinajstić information content (AvgIpc) is 3.13. The molecular weight excluding hydrogens is 422 g/mol. The number of nitrogens with zero attached hydrogens (tertiary/aromatic N) is 3. The van der Waals surface area contributed by atoms with Gasteiger partial charge in [0.05, 0.1) is 12.7 Å². The van der Waals surface area contributed by atoms with Crippen molar-refractivity contribution in [3.8, 4) is 6.07 Å². The zero-order valence-electron chi connectivity index (χ0n) is 17.5. The molecule has 0 spiro atoms. The molecule has 1 N–H and O–H groups in total. The Morgan fingerprint density at radius 3 is 2.59 bits per heavy atom. The molecule has 11 heteroatoms. The van der Waals surface area contributed by atoms with Crippen LogP contribution in [0.3, 0.4) is 0 Å². The number of carbonyl (C=O) groups is 1. The van der Waals surface area contributed by atoms with Gasteiger partial charge in [-0.3, -0.25) is 14.2 Å². The normalized spacial score (nSPS) is 23.4. The van der Waals surface area contributed by atoms with Gasteiger partial charge in [-0.25, -0.2) is 9.36 Å². The highest BCUT2D eigenvalue weighted by molar-refractivity contribution is 5.66. The van der Waals surface area contributed by atoms with E-state index < -0.39 is 47.9 Å². The second-order valence-corrected chi connectivity index (χ2v) is 7.07. The van der Waals surface area contributed by atoms with E-state index in [-0.39, 0.29) is 13.3 Å². The Bertz CT molecular complexity index is 1090. The molecule has 32 heavy (non-hydrogen) atoms. The summed E-state index contributed by atoms with van der Waals surface area (Å²) in [5, 5.41) is 19.1. The minimum absolute atomic E-state index is 0.180. The molecule has 1 aromatic heterocycles. The second kappa shape index (κ2) is 10.3. The van der Waals surface area contributed by atoms with E-state index in [1.807, 2.05) is 30.3 Å². The minimum Gasteiger partial charge on any atom is -0.455 e. The number of aliphatic hydroxyl groups excluding tert-OH is 1. The van der Waals surface area contributed by atoms with E-state index in [2.05, 4.69) is 0 Å². The predicted octanol–water partition coefficient (Wildman–Crippen LogP) is -0.0871. The number of hydrogen-bond donors (Lipinski definition) is 1. The van der Waals surface area contributed by atoms with Gasteiger partial charge in [0.25, 0.3) is 5.56 Å². The largest absolute Gasteiger partial charge is 0.455 e. The highest BCUT2D eigenvalue weighted by Crippen LogP contribution is 2.34. The summed E-state index contributed by atoms with van der Waals surface area (Å²) in [5.74, 6) is -0.676. The molecule has 3 rings (SSSR count). The highest BCUT2D eigenvalue weighted by Gasteiger charge is 2.51. The van der Waals surface area contributed by atoms with Gasteiger partial charge in [-0.15, -0.1) is 0 Å². The summed E-state index contributed by atoms with van der Waals surface area (Å²) < 4.78 is 23.7. The summed E-state index contributed by atoms with van der Waals surface area (Å²) in [7, 11) is 1.30. The molecule has 0 amide bonds. The number of benzene rings is 1. The van der Waals surface area contributed by atoms with Gasteiger partial charge in [-0.05, 0) is 5.56 Å². The van der Waals surface area contributed by atoms with Crippen LogP contribution in [0.5, 0.6) is 0 Å². The van der Waals surface area contributed by atoms with Gasteiger partial charge in [0.15, 0.2) is 18.4 Å². The second-order valence-electron chi connectivity index (χ2n) is 7.07. The van der Waals surface area contributed by atoms with Gasteiger partial charge in [-0.2, -0.15) is 5.26 Å². The SMILES string of the molecule is CO[C@@H]1C(OC(C)=O)C(n2ccc(=O)n(COCc3ccccc3)c2=O)O[C@@H]1[C@@H](O)C#N. The number of esters is 1.